The predicted molar refractivity (Wildman–Crippen MR) is 118 cm³/mol. The quantitative estimate of drug-likeness (QED) is 0.259. The van der Waals surface area contributed by atoms with E-state index in [9.17, 15) is 9.90 Å². The molecule has 1 heterocycles. The van der Waals surface area contributed by atoms with Gasteiger partial charge >= 0.3 is 0 Å². The Labute approximate surface area is 186 Å². The molecule has 3 aromatic rings. The van der Waals surface area contributed by atoms with Gasteiger partial charge in [0, 0.05) is 11.1 Å². The number of benzene rings is 2. The molecule has 0 spiro atoms. The van der Waals surface area contributed by atoms with Crippen molar-refractivity contribution in [1.29, 1.82) is 0 Å². The molecule has 0 radical (unpaired) electrons. The maximum atomic E-state index is 11.7. The molecule has 9 nitrogen and oxygen atoms in total. The highest BCUT2D eigenvalue weighted by atomic mass is 16.5. The van der Waals surface area contributed by atoms with Gasteiger partial charge in [-0.2, -0.15) is 5.21 Å². The van der Waals surface area contributed by atoms with Crippen molar-refractivity contribution >= 4 is 11.5 Å². The van der Waals surface area contributed by atoms with Crippen molar-refractivity contribution < 1.29 is 19.4 Å². The number of Topliss-reactive ketones (excluding diaryl/α,β-unsaturated/α-hetero) is 1. The smallest absolute Gasteiger partial charge is 0.201 e. The standard InChI is InChI=1S/C23H25N5O4/c1-4-7-19-21(11-10-17(15(2)29)22(19)30)32-13-6-5-12-31-16-8-9-18(20(14-16)24-3)23-25-27-28-26-23/h8-11,14,30H,4-7,12-13H2,1-2H3,(H,25,26,27,28). The van der Waals surface area contributed by atoms with Crippen molar-refractivity contribution in [3.63, 3.8) is 0 Å². The molecule has 0 amide bonds. The SMILES string of the molecule is [C-]#[N+]c1cc(OCCCCOc2ccc(C(C)=O)c(O)c2CCC)ccc1-c1nn[nH]n1. The lowest BCUT2D eigenvalue weighted by atomic mass is 10.0. The minimum absolute atomic E-state index is 0.0139. The van der Waals surface area contributed by atoms with E-state index in [1.807, 2.05) is 6.92 Å². The number of hydrogen-bond donors (Lipinski definition) is 2. The van der Waals surface area contributed by atoms with Crippen molar-refractivity contribution in [1.82, 2.24) is 20.6 Å². The van der Waals surface area contributed by atoms with E-state index in [4.69, 9.17) is 16.0 Å². The monoisotopic (exact) mass is 435 g/mol. The summed E-state index contributed by atoms with van der Waals surface area (Å²) in [5.41, 5.74) is 1.98. The van der Waals surface area contributed by atoms with Gasteiger partial charge in [0.1, 0.15) is 17.2 Å². The van der Waals surface area contributed by atoms with Crippen LogP contribution in [0.15, 0.2) is 30.3 Å². The first-order valence-electron chi connectivity index (χ1n) is 10.4. The van der Waals surface area contributed by atoms with Gasteiger partial charge < -0.3 is 14.6 Å². The fraction of sp³-hybridized carbons (Fsp3) is 0.348. The summed E-state index contributed by atoms with van der Waals surface area (Å²) in [5, 5.41) is 24.1. The molecular formula is C23H25N5O4. The van der Waals surface area contributed by atoms with Crippen LogP contribution in [-0.4, -0.2) is 44.7 Å². The number of rotatable bonds is 11. The van der Waals surface area contributed by atoms with Gasteiger partial charge in [0.05, 0.1) is 25.3 Å². The normalized spacial score (nSPS) is 10.5. The number of carbonyl (C=O) groups is 1. The van der Waals surface area contributed by atoms with Crippen LogP contribution in [0.1, 0.15) is 49.0 Å². The molecule has 0 atom stereocenters. The first-order valence-corrected chi connectivity index (χ1v) is 10.4. The number of carbonyl (C=O) groups excluding carboxylic acids is 1. The fourth-order valence-electron chi connectivity index (χ4n) is 3.26. The molecule has 0 aliphatic rings. The molecule has 2 aromatic carbocycles. The number of aromatic hydroxyl groups is 1. The predicted octanol–water partition coefficient (Wildman–Crippen LogP) is 4.52. The van der Waals surface area contributed by atoms with Gasteiger partial charge in [-0.05, 0) is 55.7 Å². The molecule has 0 bridgehead atoms. The average molecular weight is 435 g/mol. The maximum Gasteiger partial charge on any atom is 0.201 e. The van der Waals surface area contributed by atoms with Crippen LogP contribution < -0.4 is 9.47 Å². The number of aromatic nitrogens is 4. The number of H-pyrrole nitrogens is 1. The zero-order valence-corrected chi connectivity index (χ0v) is 18.1. The Morgan fingerprint density at radius 2 is 1.97 bits per heavy atom. The Kier molecular flexibility index (Phi) is 7.75. The Hall–Kier alpha value is -3.93. The van der Waals surface area contributed by atoms with Crippen LogP contribution in [0.5, 0.6) is 17.2 Å². The molecule has 9 heteroatoms. The summed E-state index contributed by atoms with van der Waals surface area (Å²) < 4.78 is 11.6. The minimum Gasteiger partial charge on any atom is -0.507 e. The third kappa shape index (κ3) is 5.40. The van der Waals surface area contributed by atoms with Crippen molar-refractivity contribution in [3.05, 3.63) is 52.9 Å². The van der Waals surface area contributed by atoms with E-state index >= 15 is 0 Å². The molecule has 0 fully saturated rings. The summed E-state index contributed by atoms with van der Waals surface area (Å²) in [4.78, 5) is 15.2. The number of phenols is 1. The maximum absolute atomic E-state index is 11.7. The Morgan fingerprint density at radius 3 is 2.62 bits per heavy atom. The number of ketones is 1. The molecule has 166 valence electrons. The van der Waals surface area contributed by atoms with Gasteiger partial charge in [-0.25, -0.2) is 4.85 Å². The largest absolute Gasteiger partial charge is 0.507 e. The van der Waals surface area contributed by atoms with E-state index in [1.165, 1.54) is 6.92 Å². The van der Waals surface area contributed by atoms with Crippen molar-refractivity contribution in [2.75, 3.05) is 13.2 Å². The van der Waals surface area contributed by atoms with Crippen LogP contribution in [0, 0.1) is 6.57 Å². The first-order chi connectivity index (χ1) is 15.5. The summed E-state index contributed by atoms with van der Waals surface area (Å²) in [6.45, 7) is 11.7. The lowest BCUT2D eigenvalue weighted by molar-refractivity contribution is 0.101. The molecule has 3 rings (SSSR count). The van der Waals surface area contributed by atoms with Crippen LogP contribution in [0.2, 0.25) is 0 Å². The molecule has 0 saturated heterocycles. The summed E-state index contributed by atoms with van der Waals surface area (Å²) in [6.07, 6.45) is 2.96. The molecule has 0 saturated carbocycles. The second-order valence-electron chi connectivity index (χ2n) is 7.17. The first kappa shape index (κ1) is 22.7. The van der Waals surface area contributed by atoms with Crippen LogP contribution >= 0.6 is 0 Å². The number of tetrazole rings is 1. The van der Waals surface area contributed by atoms with E-state index in [-0.39, 0.29) is 11.5 Å². The Morgan fingerprint density at radius 1 is 1.19 bits per heavy atom. The summed E-state index contributed by atoms with van der Waals surface area (Å²) in [7, 11) is 0. The second-order valence-corrected chi connectivity index (χ2v) is 7.17. The molecule has 32 heavy (non-hydrogen) atoms. The van der Waals surface area contributed by atoms with Crippen LogP contribution in [0.25, 0.3) is 16.2 Å². The molecule has 0 aliphatic heterocycles. The third-order valence-electron chi connectivity index (χ3n) is 4.86. The minimum atomic E-state index is -0.171. The molecule has 0 aliphatic carbocycles. The number of unbranched alkanes of at least 4 members (excludes halogenated alkanes) is 1. The zero-order valence-electron chi connectivity index (χ0n) is 18.1. The molecular weight excluding hydrogens is 410 g/mol. The molecule has 0 unspecified atom stereocenters. The number of nitrogens with zero attached hydrogens (tertiary/aromatic N) is 4. The van der Waals surface area contributed by atoms with E-state index in [0.717, 1.165) is 19.3 Å². The van der Waals surface area contributed by atoms with Crippen molar-refractivity contribution in [2.24, 2.45) is 0 Å². The van der Waals surface area contributed by atoms with E-state index in [0.29, 0.717) is 59.3 Å². The van der Waals surface area contributed by atoms with Crippen LogP contribution in [-0.2, 0) is 6.42 Å². The van der Waals surface area contributed by atoms with Gasteiger partial charge in [-0.3, -0.25) is 4.79 Å². The van der Waals surface area contributed by atoms with Crippen LogP contribution in [0.4, 0.5) is 5.69 Å². The molecule has 1 aromatic heterocycles. The highest BCUT2D eigenvalue weighted by molar-refractivity contribution is 5.97. The van der Waals surface area contributed by atoms with Crippen molar-refractivity contribution in [2.45, 2.75) is 39.5 Å². The van der Waals surface area contributed by atoms with Crippen molar-refractivity contribution in [3.8, 4) is 28.6 Å². The number of hydrogen-bond acceptors (Lipinski definition) is 7. The third-order valence-corrected chi connectivity index (χ3v) is 4.86. The zero-order chi connectivity index (χ0) is 22.9. The number of phenolic OH excluding ortho intramolecular Hbond substituents is 1. The van der Waals surface area contributed by atoms with E-state index in [1.54, 1.807) is 30.3 Å². The number of ether oxygens (including phenoxy) is 2. The van der Waals surface area contributed by atoms with Gasteiger partial charge in [0.2, 0.25) is 5.69 Å². The Balaban J connectivity index is 1.50. The Bertz CT molecular complexity index is 1110. The highest BCUT2D eigenvalue weighted by Crippen LogP contribution is 2.33. The van der Waals surface area contributed by atoms with E-state index < -0.39 is 0 Å². The summed E-state index contributed by atoms with van der Waals surface area (Å²) >= 11 is 0. The topological polar surface area (TPSA) is 115 Å². The summed E-state index contributed by atoms with van der Waals surface area (Å²) in [5.74, 6) is 1.41. The van der Waals surface area contributed by atoms with Gasteiger partial charge in [-0.1, -0.05) is 19.4 Å². The van der Waals surface area contributed by atoms with Gasteiger partial charge in [0.25, 0.3) is 0 Å². The second kappa shape index (κ2) is 10.9. The number of aromatic amines is 1. The number of nitrogens with one attached hydrogen (secondary N) is 1. The van der Waals surface area contributed by atoms with Crippen LogP contribution in [0.3, 0.4) is 0 Å². The molecule has 2 N–H and O–H groups in total. The summed E-state index contributed by atoms with van der Waals surface area (Å²) in [6, 6.07) is 8.51. The van der Waals surface area contributed by atoms with E-state index in [2.05, 4.69) is 25.5 Å². The lowest BCUT2D eigenvalue weighted by Crippen LogP contribution is -2.05. The lowest BCUT2D eigenvalue weighted by Gasteiger charge is -2.14. The van der Waals surface area contributed by atoms with Gasteiger partial charge in [-0.15, -0.1) is 10.2 Å². The highest BCUT2D eigenvalue weighted by Gasteiger charge is 2.16. The fourth-order valence-corrected chi connectivity index (χ4v) is 3.26. The average Bonchev–Trinajstić information content (AvgIpc) is 3.32. The van der Waals surface area contributed by atoms with Gasteiger partial charge in [0.15, 0.2) is 11.6 Å².